The fourth-order valence-corrected chi connectivity index (χ4v) is 3.57. The third-order valence-electron chi connectivity index (χ3n) is 3.00. The molecular formula is C14H24N2O4S. The Morgan fingerprint density at radius 2 is 2.00 bits per heavy atom. The molecule has 0 aliphatic rings. The van der Waals surface area contributed by atoms with Crippen LogP contribution in [0.25, 0.3) is 0 Å². The average molecular weight is 316 g/mol. The maximum Gasteiger partial charge on any atom is 0.246 e. The van der Waals surface area contributed by atoms with Crippen molar-refractivity contribution in [3.05, 3.63) is 18.2 Å². The minimum Gasteiger partial charge on any atom is -0.492 e. The van der Waals surface area contributed by atoms with Crippen LogP contribution in [0.15, 0.2) is 23.1 Å². The highest BCUT2D eigenvalue weighted by atomic mass is 32.2. The summed E-state index contributed by atoms with van der Waals surface area (Å²) in [4.78, 5) is 0.0499. The summed E-state index contributed by atoms with van der Waals surface area (Å²) in [5, 5.41) is 9.11. The first-order valence-corrected chi connectivity index (χ1v) is 8.54. The Kier molecular flexibility index (Phi) is 6.94. The molecule has 1 rings (SSSR count). The Balaban J connectivity index is 3.22. The molecule has 0 saturated carbocycles. The van der Waals surface area contributed by atoms with Crippen LogP contribution in [0.4, 0.5) is 5.69 Å². The number of nitrogen functional groups attached to an aromatic ring is 1. The van der Waals surface area contributed by atoms with Crippen LogP contribution < -0.4 is 10.5 Å². The average Bonchev–Trinajstić information content (AvgIpc) is 2.45. The van der Waals surface area contributed by atoms with Crippen LogP contribution in [-0.2, 0) is 10.0 Å². The molecule has 0 amide bonds. The van der Waals surface area contributed by atoms with Crippen molar-refractivity contribution < 1.29 is 18.3 Å². The van der Waals surface area contributed by atoms with Gasteiger partial charge in [-0.25, -0.2) is 8.42 Å². The van der Waals surface area contributed by atoms with Gasteiger partial charge in [0.25, 0.3) is 0 Å². The number of anilines is 1. The molecule has 1 aromatic rings. The predicted octanol–water partition coefficient (Wildman–Crippen LogP) is 1.45. The summed E-state index contributed by atoms with van der Waals surface area (Å²) in [6.45, 7) is 4.32. The fourth-order valence-electron chi connectivity index (χ4n) is 1.94. The third kappa shape index (κ3) is 4.59. The number of nitrogens with two attached hydrogens (primary N) is 1. The lowest BCUT2D eigenvalue weighted by atomic mass is 10.3. The number of ether oxygens (including phenoxy) is 1. The molecule has 21 heavy (non-hydrogen) atoms. The minimum atomic E-state index is -3.74. The molecule has 0 unspecified atom stereocenters. The summed E-state index contributed by atoms with van der Waals surface area (Å²) < 4.78 is 32.2. The first-order valence-electron chi connectivity index (χ1n) is 7.10. The number of rotatable bonds is 9. The quantitative estimate of drug-likeness (QED) is 0.673. The van der Waals surface area contributed by atoms with Crippen LogP contribution in [-0.4, -0.2) is 44.1 Å². The standard InChI is InChI=1S/C14H24N2O4S/c1-3-5-8-16(9-10-17)21(18,19)14-11-12(15)6-7-13(14)20-4-2/h6-7,11,17H,3-5,8-10,15H2,1-2H3. The molecule has 0 radical (unpaired) electrons. The first kappa shape index (κ1) is 17.7. The monoisotopic (exact) mass is 316 g/mol. The number of aliphatic hydroxyl groups excluding tert-OH is 1. The first-order chi connectivity index (χ1) is 9.97. The summed E-state index contributed by atoms with van der Waals surface area (Å²) in [5.74, 6) is 0.283. The number of unbranched alkanes of at least 4 members (excludes halogenated alkanes) is 1. The number of hydrogen-bond acceptors (Lipinski definition) is 5. The van der Waals surface area contributed by atoms with Gasteiger partial charge in [0.05, 0.1) is 13.2 Å². The number of hydrogen-bond donors (Lipinski definition) is 2. The van der Waals surface area contributed by atoms with Crippen molar-refractivity contribution in [2.24, 2.45) is 0 Å². The van der Waals surface area contributed by atoms with E-state index in [1.807, 2.05) is 6.92 Å². The van der Waals surface area contributed by atoms with Gasteiger partial charge in [-0.15, -0.1) is 0 Å². The van der Waals surface area contributed by atoms with E-state index in [9.17, 15) is 8.42 Å². The highest BCUT2D eigenvalue weighted by molar-refractivity contribution is 7.89. The second kappa shape index (κ2) is 8.21. The number of aliphatic hydroxyl groups is 1. The number of sulfonamides is 1. The van der Waals surface area contributed by atoms with Gasteiger partial charge in [-0.1, -0.05) is 13.3 Å². The van der Waals surface area contributed by atoms with Gasteiger partial charge in [-0.3, -0.25) is 0 Å². The minimum absolute atomic E-state index is 0.0499. The van der Waals surface area contributed by atoms with Crippen molar-refractivity contribution in [1.82, 2.24) is 4.31 Å². The van der Waals surface area contributed by atoms with Crippen molar-refractivity contribution in [1.29, 1.82) is 0 Å². The van der Waals surface area contributed by atoms with Crippen LogP contribution in [0.1, 0.15) is 26.7 Å². The lowest BCUT2D eigenvalue weighted by molar-refractivity contribution is 0.251. The molecule has 0 fully saturated rings. The Hall–Kier alpha value is -1.31. The molecule has 0 saturated heterocycles. The van der Waals surface area contributed by atoms with Crippen LogP contribution in [0, 0.1) is 0 Å². The zero-order valence-corrected chi connectivity index (χ0v) is 13.4. The van der Waals surface area contributed by atoms with Gasteiger partial charge < -0.3 is 15.6 Å². The molecule has 1 aromatic carbocycles. The summed E-state index contributed by atoms with van der Waals surface area (Å²) in [5.41, 5.74) is 6.06. The summed E-state index contributed by atoms with van der Waals surface area (Å²) in [7, 11) is -3.74. The lowest BCUT2D eigenvalue weighted by Gasteiger charge is -2.22. The summed E-state index contributed by atoms with van der Waals surface area (Å²) in [6.07, 6.45) is 1.60. The van der Waals surface area contributed by atoms with E-state index >= 15 is 0 Å². The van der Waals surface area contributed by atoms with Crippen molar-refractivity contribution in [3.63, 3.8) is 0 Å². The predicted molar refractivity (Wildman–Crippen MR) is 82.8 cm³/mol. The van der Waals surface area contributed by atoms with E-state index in [-0.39, 0.29) is 23.8 Å². The summed E-state index contributed by atoms with van der Waals surface area (Å²) in [6, 6.07) is 4.56. The maximum atomic E-state index is 12.8. The Bertz CT molecular complexity index is 546. The van der Waals surface area contributed by atoms with Gasteiger partial charge in [0, 0.05) is 18.8 Å². The molecule has 0 aromatic heterocycles. The van der Waals surface area contributed by atoms with Crippen molar-refractivity contribution in [2.75, 3.05) is 32.0 Å². The molecule has 0 heterocycles. The van der Waals surface area contributed by atoms with Crippen LogP contribution in [0.2, 0.25) is 0 Å². The van der Waals surface area contributed by atoms with Gasteiger partial charge in [0.2, 0.25) is 10.0 Å². The molecule has 0 aliphatic heterocycles. The zero-order valence-electron chi connectivity index (χ0n) is 12.6. The summed E-state index contributed by atoms with van der Waals surface area (Å²) >= 11 is 0. The van der Waals surface area contributed by atoms with Crippen LogP contribution >= 0.6 is 0 Å². The van der Waals surface area contributed by atoms with Crippen LogP contribution in [0.5, 0.6) is 5.75 Å². The van der Waals surface area contributed by atoms with Gasteiger partial charge in [-0.05, 0) is 31.5 Å². The Labute approximate surface area is 126 Å². The molecule has 7 heteroatoms. The zero-order chi connectivity index (χ0) is 15.9. The van der Waals surface area contributed by atoms with Gasteiger partial charge in [0.1, 0.15) is 10.6 Å². The van der Waals surface area contributed by atoms with Crippen molar-refractivity contribution in [3.8, 4) is 5.75 Å². The Morgan fingerprint density at radius 3 is 2.57 bits per heavy atom. The van der Waals surface area contributed by atoms with E-state index in [1.54, 1.807) is 19.1 Å². The topological polar surface area (TPSA) is 92.9 Å². The highest BCUT2D eigenvalue weighted by Crippen LogP contribution is 2.29. The number of nitrogens with zero attached hydrogens (tertiary/aromatic N) is 1. The molecule has 6 nitrogen and oxygen atoms in total. The normalized spacial score (nSPS) is 11.8. The van der Waals surface area contributed by atoms with E-state index in [2.05, 4.69) is 0 Å². The molecule has 0 aliphatic carbocycles. The van der Waals surface area contributed by atoms with E-state index in [4.69, 9.17) is 15.6 Å². The molecule has 0 atom stereocenters. The highest BCUT2D eigenvalue weighted by Gasteiger charge is 2.27. The van der Waals surface area contributed by atoms with E-state index in [0.29, 0.717) is 18.8 Å². The van der Waals surface area contributed by atoms with E-state index < -0.39 is 10.0 Å². The van der Waals surface area contributed by atoms with Crippen molar-refractivity contribution >= 4 is 15.7 Å². The molecule has 3 N–H and O–H groups in total. The Morgan fingerprint density at radius 1 is 1.29 bits per heavy atom. The van der Waals surface area contributed by atoms with Gasteiger partial charge >= 0.3 is 0 Å². The van der Waals surface area contributed by atoms with Gasteiger partial charge in [-0.2, -0.15) is 4.31 Å². The second-order valence-electron chi connectivity index (χ2n) is 4.62. The smallest absolute Gasteiger partial charge is 0.246 e. The third-order valence-corrected chi connectivity index (χ3v) is 4.92. The lowest BCUT2D eigenvalue weighted by Crippen LogP contribution is -2.34. The molecule has 0 bridgehead atoms. The van der Waals surface area contributed by atoms with E-state index in [1.165, 1.54) is 10.4 Å². The number of benzene rings is 1. The van der Waals surface area contributed by atoms with E-state index in [0.717, 1.165) is 12.8 Å². The maximum absolute atomic E-state index is 12.8. The van der Waals surface area contributed by atoms with Crippen molar-refractivity contribution in [2.45, 2.75) is 31.6 Å². The molecule has 0 spiro atoms. The SMILES string of the molecule is CCCCN(CCO)S(=O)(=O)c1cc(N)ccc1OCC. The largest absolute Gasteiger partial charge is 0.492 e. The molecular weight excluding hydrogens is 292 g/mol. The van der Waals surface area contributed by atoms with Crippen LogP contribution in [0.3, 0.4) is 0 Å². The fraction of sp³-hybridized carbons (Fsp3) is 0.571. The molecule has 120 valence electrons. The van der Waals surface area contributed by atoms with Gasteiger partial charge in [0.15, 0.2) is 0 Å². The second-order valence-corrected chi connectivity index (χ2v) is 6.53.